The van der Waals surface area contributed by atoms with Crippen LogP contribution in [0.3, 0.4) is 0 Å². The molecule has 0 saturated carbocycles. The number of nitrogens with zero attached hydrogens (tertiary/aromatic N) is 2. The maximum absolute atomic E-state index is 12.4. The summed E-state index contributed by atoms with van der Waals surface area (Å²) in [6.07, 6.45) is 0.361. The highest BCUT2D eigenvalue weighted by molar-refractivity contribution is 7.07. The topological polar surface area (TPSA) is 40.6 Å². The zero-order valence-electron chi connectivity index (χ0n) is 12.3. The molecule has 0 unspecified atom stereocenters. The fraction of sp³-hybridized carbons (Fsp3) is 0.600. The van der Waals surface area contributed by atoms with Crippen molar-refractivity contribution in [3.05, 3.63) is 22.4 Å². The minimum absolute atomic E-state index is 0.0795. The molecule has 0 aromatic carbocycles. The lowest BCUT2D eigenvalue weighted by Crippen LogP contribution is -2.35. The smallest absolute Gasteiger partial charge is 0.228 e. The summed E-state index contributed by atoms with van der Waals surface area (Å²) in [4.78, 5) is 27.9. The summed E-state index contributed by atoms with van der Waals surface area (Å²) in [6.45, 7) is 6.12. The van der Waals surface area contributed by atoms with Gasteiger partial charge in [-0.15, -0.1) is 0 Å². The van der Waals surface area contributed by atoms with Gasteiger partial charge in [0.2, 0.25) is 11.8 Å². The Hall–Kier alpha value is -1.36. The Morgan fingerprint density at radius 3 is 2.90 bits per heavy atom. The second kappa shape index (κ2) is 6.39. The van der Waals surface area contributed by atoms with Gasteiger partial charge < -0.3 is 9.80 Å². The van der Waals surface area contributed by atoms with E-state index in [1.165, 1.54) is 0 Å². The van der Waals surface area contributed by atoms with Crippen molar-refractivity contribution < 1.29 is 9.59 Å². The summed E-state index contributed by atoms with van der Waals surface area (Å²) >= 11 is 1.63. The Balaban J connectivity index is 1.91. The van der Waals surface area contributed by atoms with E-state index in [2.05, 4.69) is 19.2 Å². The molecule has 2 amide bonds. The van der Waals surface area contributed by atoms with Gasteiger partial charge in [-0.05, 0) is 28.3 Å². The molecule has 20 heavy (non-hydrogen) atoms. The van der Waals surface area contributed by atoms with Gasteiger partial charge in [-0.3, -0.25) is 9.59 Å². The highest BCUT2D eigenvalue weighted by Crippen LogP contribution is 2.21. The van der Waals surface area contributed by atoms with Crippen LogP contribution in [0.1, 0.15) is 25.8 Å². The molecule has 1 aromatic rings. The van der Waals surface area contributed by atoms with Crippen LogP contribution in [-0.4, -0.2) is 41.8 Å². The van der Waals surface area contributed by atoms with Crippen LogP contribution in [0.2, 0.25) is 0 Å². The number of carbonyl (C=O) groups is 2. The first kappa shape index (κ1) is 15.0. The summed E-state index contributed by atoms with van der Waals surface area (Å²) in [7, 11) is 1.82. The summed E-state index contributed by atoms with van der Waals surface area (Å²) in [5.41, 5.74) is 1.15. The SMILES string of the molecule is CC(C)CN1C[C@@H](C(=O)N(C)Cc2ccsc2)CC1=O. The van der Waals surface area contributed by atoms with E-state index in [9.17, 15) is 9.59 Å². The molecule has 1 aliphatic rings. The molecular formula is C15H22N2O2S. The normalized spacial score (nSPS) is 18.9. The number of thiophene rings is 1. The molecule has 2 heterocycles. The van der Waals surface area contributed by atoms with Gasteiger partial charge in [-0.25, -0.2) is 0 Å². The number of carbonyl (C=O) groups excluding carboxylic acids is 2. The van der Waals surface area contributed by atoms with Crippen molar-refractivity contribution in [3.63, 3.8) is 0 Å². The number of rotatable bonds is 5. The molecule has 110 valence electrons. The monoisotopic (exact) mass is 294 g/mol. The predicted octanol–water partition coefficient (Wildman–Crippen LogP) is 2.21. The van der Waals surface area contributed by atoms with Gasteiger partial charge in [0.1, 0.15) is 0 Å². The van der Waals surface area contributed by atoms with Crippen molar-refractivity contribution >= 4 is 23.2 Å². The van der Waals surface area contributed by atoms with Crippen LogP contribution in [0.25, 0.3) is 0 Å². The molecule has 4 nitrogen and oxygen atoms in total. The first-order chi connectivity index (χ1) is 9.47. The quantitative estimate of drug-likeness (QED) is 0.835. The molecule has 0 N–H and O–H groups in total. The minimum atomic E-state index is -0.176. The van der Waals surface area contributed by atoms with Crippen LogP contribution < -0.4 is 0 Å². The maximum atomic E-state index is 12.4. The zero-order chi connectivity index (χ0) is 14.7. The van der Waals surface area contributed by atoms with Crippen molar-refractivity contribution in [2.24, 2.45) is 11.8 Å². The van der Waals surface area contributed by atoms with Gasteiger partial charge >= 0.3 is 0 Å². The molecule has 1 aliphatic heterocycles. The number of likely N-dealkylation sites (tertiary alicyclic amines) is 1. The van der Waals surface area contributed by atoms with Crippen molar-refractivity contribution in [2.75, 3.05) is 20.1 Å². The standard InChI is InChI=1S/C15H22N2O2S/c1-11(2)7-17-9-13(6-14(17)18)15(19)16(3)8-12-4-5-20-10-12/h4-5,10-11,13H,6-9H2,1-3H3/t13-/m0/s1. The highest BCUT2D eigenvalue weighted by atomic mass is 32.1. The molecule has 0 bridgehead atoms. The predicted molar refractivity (Wildman–Crippen MR) is 80.3 cm³/mol. The van der Waals surface area contributed by atoms with Gasteiger partial charge in [0.25, 0.3) is 0 Å². The number of hydrogen-bond acceptors (Lipinski definition) is 3. The maximum Gasteiger partial charge on any atom is 0.228 e. The molecule has 0 spiro atoms. The molecule has 1 fully saturated rings. The summed E-state index contributed by atoms with van der Waals surface area (Å²) < 4.78 is 0. The van der Waals surface area contributed by atoms with E-state index in [0.717, 1.165) is 12.1 Å². The van der Waals surface area contributed by atoms with Gasteiger partial charge in [0.05, 0.1) is 5.92 Å². The van der Waals surface area contributed by atoms with E-state index >= 15 is 0 Å². The third-order valence-electron chi connectivity index (χ3n) is 3.53. The Labute approximate surface area is 124 Å². The second-order valence-corrected chi connectivity index (χ2v) is 6.70. The Bertz CT molecular complexity index is 470. The van der Waals surface area contributed by atoms with Crippen molar-refractivity contribution in [1.29, 1.82) is 0 Å². The molecule has 0 radical (unpaired) electrons. The molecule has 1 aromatic heterocycles. The van der Waals surface area contributed by atoms with Crippen molar-refractivity contribution in [3.8, 4) is 0 Å². The van der Waals surface area contributed by atoms with Crippen LogP contribution in [0.15, 0.2) is 16.8 Å². The van der Waals surface area contributed by atoms with E-state index in [1.54, 1.807) is 16.2 Å². The molecule has 0 aliphatic carbocycles. The average Bonchev–Trinajstić information content (AvgIpc) is 2.99. The van der Waals surface area contributed by atoms with E-state index in [4.69, 9.17) is 0 Å². The summed E-state index contributed by atoms with van der Waals surface area (Å²) in [6, 6.07) is 2.03. The van der Waals surface area contributed by atoms with Crippen LogP contribution in [0.5, 0.6) is 0 Å². The van der Waals surface area contributed by atoms with E-state index in [1.807, 2.05) is 23.4 Å². The number of amides is 2. The van der Waals surface area contributed by atoms with Crippen LogP contribution in [0, 0.1) is 11.8 Å². The lowest BCUT2D eigenvalue weighted by Gasteiger charge is -2.22. The van der Waals surface area contributed by atoms with Crippen LogP contribution in [-0.2, 0) is 16.1 Å². The Morgan fingerprint density at radius 2 is 2.30 bits per heavy atom. The van der Waals surface area contributed by atoms with E-state index in [-0.39, 0.29) is 17.7 Å². The lowest BCUT2D eigenvalue weighted by molar-refractivity contribution is -0.135. The highest BCUT2D eigenvalue weighted by Gasteiger charge is 2.35. The summed E-state index contributed by atoms with van der Waals surface area (Å²) in [5.74, 6) is 0.456. The molecule has 2 rings (SSSR count). The van der Waals surface area contributed by atoms with E-state index < -0.39 is 0 Å². The largest absolute Gasteiger partial charge is 0.342 e. The van der Waals surface area contributed by atoms with Gasteiger partial charge in [0.15, 0.2) is 0 Å². The Morgan fingerprint density at radius 1 is 1.55 bits per heavy atom. The summed E-state index contributed by atoms with van der Waals surface area (Å²) in [5, 5.41) is 4.06. The van der Waals surface area contributed by atoms with Crippen molar-refractivity contribution in [1.82, 2.24) is 9.80 Å². The first-order valence-electron chi connectivity index (χ1n) is 7.01. The van der Waals surface area contributed by atoms with Crippen molar-refractivity contribution in [2.45, 2.75) is 26.8 Å². The first-order valence-corrected chi connectivity index (χ1v) is 7.95. The minimum Gasteiger partial charge on any atom is -0.342 e. The molecule has 5 heteroatoms. The van der Waals surface area contributed by atoms with Gasteiger partial charge in [-0.2, -0.15) is 11.3 Å². The second-order valence-electron chi connectivity index (χ2n) is 5.92. The fourth-order valence-corrected chi connectivity index (χ4v) is 3.26. The lowest BCUT2D eigenvalue weighted by atomic mass is 10.1. The zero-order valence-corrected chi connectivity index (χ0v) is 13.2. The van der Waals surface area contributed by atoms with Crippen LogP contribution >= 0.6 is 11.3 Å². The van der Waals surface area contributed by atoms with Gasteiger partial charge in [0, 0.05) is 33.1 Å². The third kappa shape index (κ3) is 3.60. The fourth-order valence-electron chi connectivity index (χ4n) is 2.60. The number of hydrogen-bond donors (Lipinski definition) is 0. The molecule has 1 atom stereocenters. The molecular weight excluding hydrogens is 272 g/mol. The third-order valence-corrected chi connectivity index (χ3v) is 4.26. The Kier molecular flexibility index (Phi) is 4.81. The molecule has 1 saturated heterocycles. The van der Waals surface area contributed by atoms with E-state index in [0.29, 0.717) is 25.4 Å². The van der Waals surface area contributed by atoms with Gasteiger partial charge in [-0.1, -0.05) is 13.8 Å². The van der Waals surface area contributed by atoms with Crippen LogP contribution in [0.4, 0.5) is 0 Å². The average molecular weight is 294 g/mol.